The normalized spacial score (nSPS) is 11.3. The molecule has 0 saturated heterocycles. The maximum Gasteiger partial charge on any atom is 0.255 e. The average Bonchev–Trinajstić information content (AvgIpc) is 2.78. The van der Waals surface area contributed by atoms with Crippen LogP contribution in [0.25, 0.3) is 0 Å². The molecule has 3 aromatic carbocycles. The summed E-state index contributed by atoms with van der Waals surface area (Å²) < 4.78 is 0. The number of anilines is 1. The third-order valence-electron chi connectivity index (χ3n) is 4.79. The second-order valence-corrected chi connectivity index (χ2v) is 7.25. The van der Waals surface area contributed by atoms with E-state index in [1.165, 1.54) is 6.92 Å². The lowest BCUT2D eigenvalue weighted by molar-refractivity contribution is -0.119. The number of rotatable bonds is 7. The van der Waals surface area contributed by atoms with Crippen LogP contribution >= 0.6 is 0 Å². The zero-order valence-electron chi connectivity index (χ0n) is 17.5. The molecule has 0 heterocycles. The Morgan fingerprint density at radius 2 is 1.48 bits per heavy atom. The lowest BCUT2D eigenvalue weighted by Crippen LogP contribution is -2.26. The van der Waals surface area contributed by atoms with Crippen molar-refractivity contribution in [1.82, 2.24) is 10.6 Å². The van der Waals surface area contributed by atoms with Crippen LogP contribution in [-0.4, -0.2) is 17.7 Å². The van der Waals surface area contributed by atoms with Crippen molar-refractivity contribution < 1.29 is 14.4 Å². The molecule has 0 fully saturated rings. The first kappa shape index (κ1) is 21.8. The molecule has 0 aliphatic heterocycles. The summed E-state index contributed by atoms with van der Waals surface area (Å²) >= 11 is 0. The minimum Gasteiger partial charge on any atom is -0.352 e. The molecule has 6 heteroatoms. The number of hydrogen-bond acceptors (Lipinski definition) is 3. The minimum atomic E-state index is -0.250. The summed E-state index contributed by atoms with van der Waals surface area (Å²) in [7, 11) is 0. The number of carbonyl (C=O) groups is 3. The van der Waals surface area contributed by atoms with Crippen molar-refractivity contribution in [3.8, 4) is 0 Å². The highest BCUT2D eigenvalue weighted by molar-refractivity contribution is 6.04. The molecule has 1 atom stereocenters. The summed E-state index contributed by atoms with van der Waals surface area (Å²) in [5.41, 5.74) is 3.57. The quantitative estimate of drug-likeness (QED) is 0.544. The van der Waals surface area contributed by atoms with Crippen LogP contribution in [0.1, 0.15) is 51.7 Å². The zero-order chi connectivity index (χ0) is 22.2. The van der Waals surface area contributed by atoms with Gasteiger partial charge in [0.05, 0.1) is 6.04 Å². The highest BCUT2D eigenvalue weighted by Gasteiger charge is 2.13. The third-order valence-corrected chi connectivity index (χ3v) is 4.79. The molecule has 0 spiro atoms. The fraction of sp³-hybridized carbons (Fsp3) is 0.160. The maximum atomic E-state index is 12.6. The van der Waals surface area contributed by atoms with Gasteiger partial charge in [0.2, 0.25) is 5.91 Å². The van der Waals surface area contributed by atoms with Crippen molar-refractivity contribution in [1.29, 1.82) is 0 Å². The lowest BCUT2D eigenvalue weighted by atomic mass is 10.1. The van der Waals surface area contributed by atoms with Gasteiger partial charge in [0.1, 0.15) is 0 Å². The van der Waals surface area contributed by atoms with Gasteiger partial charge in [0, 0.05) is 30.3 Å². The summed E-state index contributed by atoms with van der Waals surface area (Å²) in [6, 6.07) is 23.2. The van der Waals surface area contributed by atoms with Crippen LogP contribution in [0.2, 0.25) is 0 Å². The van der Waals surface area contributed by atoms with Crippen molar-refractivity contribution in [2.45, 2.75) is 26.4 Å². The van der Waals surface area contributed by atoms with Gasteiger partial charge in [-0.05, 0) is 54.4 Å². The van der Waals surface area contributed by atoms with E-state index in [2.05, 4.69) is 16.0 Å². The second kappa shape index (κ2) is 10.2. The van der Waals surface area contributed by atoms with Crippen LogP contribution < -0.4 is 16.0 Å². The van der Waals surface area contributed by atoms with E-state index in [9.17, 15) is 14.4 Å². The van der Waals surface area contributed by atoms with Crippen LogP contribution in [0.5, 0.6) is 0 Å². The molecular weight excluding hydrogens is 390 g/mol. The van der Waals surface area contributed by atoms with E-state index < -0.39 is 0 Å². The molecule has 0 bridgehead atoms. The zero-order valence-corrected chi connectivity index (χ0v) is 17.5. The summed E-state index contributed by atoms with van der Waals surface area (Å²) in [5, 5.41) is 8.58. The van der Waals surface area contributed by atoms with Gasteiger partial charge < -0.3 is 16.0 Å². The van der Waals surface area contributed by atoms with E-state index >= 15 is 0 Å². The largest absolute Gasteiger partial charge is 0.352 e. The molecule has 3 rings (SSSR count). The molecular formula is C25H25N3O3. The van der Waals surface area contributed by atoms with Gasteiger partial charge in [-0.1, -0.05) is 42.5 Å². The second-order valence-electron chi connectivity index (χ2n) is 7.25. The molecule has 3 aromatic rings. The van der Waals surface area contributed by atoms with Gasteiger partial charge in [0.25, 0.3) is 11.8 Å². The lowest BCUT2D eigenvalue weighted by Gasteiger charge is -2.16. The van der Waals surface area contributed by atoms with Crippen LogP contribution in [0.3, 0.4) is 0 Å². The van der Waals surface area contributed by atoms with E-state index in [-0.39, 0.29) is 23.8 Å². The Morgan fingerprint density at radius 3 is 2.16 bits per heavy atom. The topological polar surface area (TPSA) is 87.3 Å². The fourth-order valence-corrected chi connectivity index (χ4v) is 3.04. The van der Waals surface area contributed by atoms with Gasteiger partial charge >= 0.3 is 0 Å². The Morgan fingerprint density at radius 1 is 0.806 bits per heavy atom. The van der Waals surface area contributed by atoms with Gasteiger partial charge in [0.15, 0.2) is 0 Å². The third kappa shape index (κ3) is 6.27. The van der Waals surface area contributed by atoms with E-state index in [0.29, 0.717) is 23.4 Å². The first-order valence-electron chi connectivity index (χ1n) is 10.0. The van der Waals surface area contributed by atoms with Gasteiger partial charge in [-0.25, -0.2) is 0 Å². The summed E-state index contributed by atoms with van der Waals surface area (Å²) in [5.74, 6) is -0.482. The molecule has 31 heavy (non-hydrogen) atoms. The van der Waals surface area contributed by atoms with Crippen molar-refractivity contribution in [3.05, 3.63) is 101 Å². The monoisotopic (exact) mass is 415 g/mol. The van der Waals surface area contributed by atoms with Crippen LogP contribution in [-0.2, 0) is 11.3 Å². The first-order valence-corrected chi connectivity index (χ1v) is 10.0. The van der Waals surface area contributed by atoms with Crippen molar-refractivity contribution in [3.63, 3.8) is 0 Å². The maximum absolute atomic E-state index is 12.6. The molecule has 3 N–H and O–H groups in total. The van der Waals surface area contributed by atoms with Crippen molar-refractivity contribution in [2.24, 2.45) is 0 Å². The van der Waals surface area contributed by atoms with Crippen molar-refractivity contribution in [2.75, 3.05) is 5.32 Å². The predicted molar refractivity (Wildman–Crippen MR) is 121 cm³/mol. The molecule has 6 nitrogen and oxygen atoms in total. The van der Waals surface area contributed by atoms with Gasteiger partial charge in [-0.3, -0.25) is 14.4 Å². The molecule has 0 aliphatic carbocycles. The SMILES string of the molecule is CC(=O)NCc1ccc(C(=O)NC(C)c2cccc(NC(=O)c3ccccc3)c2)cc1. The van der Waals surface area contributed by atoms with Crippen molar-refractivity contribution >= 4 is 23.4 Å². The number of benzene rings is 3. The first-order chi connectivity index (χ1) is 14.9. The minimum absolute atomic E-state index is 0.0992. The summed E-state index contributed by atoms with van der Waals surface area (Å²) in [4.78, 5) is 36.0. The molecule has 158 valence electrons. The number of amides is 3. The molecule has 0 radical (unpaired) electrons. The molecule has 0 saturated carbocycles. The molecule has 1 unspecified atom stereocenters. The van der Waals surface area contributed by atoms with Gasteiger partial charge in [-0.2, -0.15) is 0 Å². The van der Waals surface area contributed by atoms with Gasteiger partial charge in [-0.15, -0.1) is 0 Å². The smallest absolute Gasteiger partial charge is 0.255 e. The standard InChI is InChI=1S/C25H25N3O3/c1-17(27-24(30)21-13-11-19(12-14-21)16-26-18(2)29)22-9-6-10-23(15-22)28-25(31)20-7-4-3-5-8-20/h3-15,17H,16H2,1-2H3,(H,26,29)(H,27,30)(H,28,31). The van der Waals surface area contributed by atoms with E-state index in [1.54, 1.807) is 24.3 Å². The van der Waals surface area contributed by atoms with Crippen LogP contribution in [0.15, 0.2) is 78.9 Å². The number of carbonyl (C=O) groups excluding carboxylic acids is 3. The van der Waals surface area contributed by atoms with E-state index in [1.807, 2.05) is 61.5 Å². The average molecular weight is 415 g/mol. The van der Waals surface area contributed by atoms with E-state index in [4.69, 9.17) is 0 Å². The Bertz CT molecular complexity index is 1060. The Hall–Kier alpha value is -3.93. The summed E-state index contributed by atoms with van der Waals surface area (Å²) in [6.45, 7) is 3.78. The fourth-order valence-electron chi connectivity index (χ4n) is 3.04. The summed E-state index contributed by atoms with van der Waals surface area (Å²) in [6.07, 6.45) is 0. The Balaban J connectivity index is 1.61. The molecule has 3 amide bonds. The highest BCUT2D eigenvalue weighted by atomic mass is 16.2. The highest BCUT2D eigenvalue weighted by Crippen LogP contribution is 2.19. The van der Waals surface area contributed by atoms with Crippen LogP contribution in [0.4, 0.5) is 5.69 Å². The predicted octanol–water partition coefficient (Wildman–Crippen LogP) is 4.07. The molecule has 0 aromatic heterocycles. The van der Waals surface area contributed by atoms with Crippen LogP contribution in [0, 0.1) is 0 Å². The number of nitrogens with one attached hydrogen (secondary N) is 3. The Kier molecular flexibility index (Phi) is 7.17. The number of hydrogen-bond donors (Lipinski definition) is 3. The van der Waals surface area contributed by atoms with E-state index in [0.717, 1.165) is 11.1 Å². The Labute approximate surface area is 181 Å². The molecule has 0 aliphatic rings.